The molecule has 132 valence electrons. The molecule has 0 saturated carbocycles. The standard InChI is InChI=1S/C17H21N5O3/c1-4-11(3)22-15-14(6-12(7-19-15)16(23)24)21(17(22)25)9-13-8-18-10-20(13)5-2/h6-8,10-11H,4-5,9H2,1-3H3,(H,23,24). The average Bonchev–Trinajstić information content (AvgIpc) is 3.16. The molecule has 1 atom stereocenters. The van der Waals surface area contributed by atoms with Crippen LogP contribution in [0.3, 0.4) is 0 Å². The number of fused-ring (bicyclic) bond motifs is 1. The number of imidazole rings is 2. The fourth-order valence-corrected chi connectivity index (χ4v) is 2.93. The summed E-state index contributed by atoms with van der Waals surface area (Å²) in [5, 5.41) is 9.26. The van der Waals surface area contributed by atoms with Crippen molar-refractivity contribution in [3.63, 3.8) is 0 Å². The van der Waals surface area contributed by atoms with Gasteiger partial charge in [-0.3, -0.25) is 9.13 Å². The van der Waals surface area contributed by atoms with Gasteiger partial charge in [-0.1, -0.05) is 6.92 Å². The number of pyridine rings is 1. The molecule has 0 bridgehead atoms. The maximum Gasteiger partial charge on any atom is 0.337 e. The van der Waals surface area contributed by atoms with E-state index in [0.29, 0.717) is 17.7 Å². The van der Waals surface area contributed by atoms with Crippen LogP contribution in [-0.2, 0) is 13.1 Å². The van der Waals surface area contributed by atoms with Crippen LogP contribution in [0.15, 0.2) is 29.6 Å². The van der Waals surface area contributed by atoms with Crippen molar-refractivity contribution < 1.29 is 9.90 Å². The fraction of sp³-hybridized carbons (Fsp3) is 0.412. The van der Waals surface area contributed by atoms with Crippen molar-refractivity contribution in [2.45, 2.75) is 46.3 Å². The van der Waals surface area contributed by atoms with Crippen molar-refractivity contribution in [1.82, 2.24) is 23.7 Å². The minimum absolute atomic E-state index is 0.0319. The summed E-state index contributed by atoms with van der Waals surface area (Å²) in [6.07, 6.45) is 5.50. The van der Waals surface area contributed by atoms with E-state index < -0.39 is 5.97 Å². The van der Waals surface area contributed by atoms with Crippen molar-refractivity contribution in [3.05, 3.63) is 46.5 Å². The summed E-state index contributed by atoms with van der Waals surface area (Å²) in [6, 6.07) is 1.48. The van der Waals surface area contributed by atoms with Gasteiger partial charge in [0.1, 0.15) is 0 Å². The van der Waals surface area contributed by atoms with Gasteiger partial charge in [-0.25, -0.2) is 19.6 Å². The number of aromatic carboxylic acids is 1. The lowest BCUT2D eigenvalue weighted by molar-refractivity contribution is 0.0696. The second kappa shape index (κ2) is 6.54. The van der Waals surface area contributed by atoms with E-state index in [-0.39, 0.29) is 17.3 Å². The number of carboxylic acids is 1. The van der Waals surface area contributed by atoms with Gasteiger partial charge in [0.25, 0.3) is 0 Å². The normalized spacial score (nSPS) is 12.6. The third kappa shape index (κ3) is 2.84. The first kappa shape index (κ1) is 16.9. The number of nitrogens with zero attached hydrogens (tertiary/aromatic N) is 5. The van der Waals surface area contributed by atoms with E-state index in [1.165, 1.54) is 12.3 Å². The van der Waals surface area contributed by atoms with Crippen LogP contribution >= 0.6 is 0 Å². The van der Waals surface area contributed by atoms with Crippen LogP contribution in [0.25, 0.3) is 11.2 Å². The zero-order valence-electron chi connectivity index (χ0n) is 14.5. The average molecular weight is 343 g/mol. The zero-order valence-corrected chi connectivity index (χ0v) is 14.5. The van der Waals surface area contributed by atoms with Crippen molar-refractivity contribution in [2.24, 2.45) is 0 Å². The van der Waals surface area contributed by atoms with Crippen LogP contribution in [0.1, 0.15) is 49.3 Å². The third-order valence-corrected chi connectivity index (χ3v) is 4.54. The Balaban J connectivity index is 2.24. The molecule has 0 aliphatic heterocycles. The predicted molar refractivity (Wildman–Crippen MR) is 93.0 cm³/mol. The summed E-state index contributed by atoms with van der Waals surface area (Å²) in [5.41, 5.74) is 1.78. The fourth-order valence-electron chi connectivity index (χ4n) is 2.93. The predicted octanol–water partition coefficient (Wildman–Crippen LogP) is 2.13. The highest BCUT2D eigenvalue weighted by atomic mass is 16.4. The topological polar surface area (TPSA) is 94.9 Å². The summed E-state index contributed by atoms with van der Waals surface area (Å²) < 4.78 is 5.16. The van der Waals surface area contributed by atoms with Crippen molar-refractivity contribution >= 4 is 17.1 Å². The highest BCUT2D eigenvalue weighted by Gasteiger charge is 2.20. The number of carboxylic acid groups (broad SMARTS) is 1. The first-order valence-electron chi connectivity index (χ1n) is 8.31. The van der Waals surface area contributed by atoms with Gasteiger partial charge in [0.05, 0.1) is 29.6 Å². The first-order chi connectivity index (χ1) is 12.0. The quantitative estimate of drug-likeness (QED) is 0.740. The Morgan fingerprint density at radius 1 is 1.32 bits per heavy atom. The van der Waals surface area contributed by atoms with Gasteiger partial charge in [-0.15, -0.1) is 0 Å². The number of aryl methyl sites for hydroxylation is 1. The lowest BCUT2D eigenvalue weighted by atomic mass is 10.2. The van der Waals surface area contributed by atoms with Crippen LogP contribution in [0.2, 0.25) is 0 Å². The molecule has 0 fully saturated rings. The molecule has 1 unspecified atom stereocenters. The van der Waals surface area contributed by atoms with E-state index in [1.807, 2.05) is 25.3 Å². The van der Waals surface area contributed by atoms with Crippen molar-refractivity contribution in [1.29, 1.82) is 0 Å². The smallest absolute Gasteiger partial charge is 0.337 e. The minimum atomic E-state index is -1.07. The summed E-state index contributed by atoms with van der Waals surface area (Å²) in [4.78, 5) is 32.7. The molecular formula is C17H21N5O3. The molecule has 0 spiro atoms. The molecule has 0 radical (unpaired) electrons. The van der Waals surface area contributed by atoms with Crippen LogP contribution in [0, 0.1) is 0 Å². The largest absolute Gasteiger partial charge is 0.478 e. The van der Waals surface area contributed by atoms with Gasteiger partial charge < -0.3 is 9.67 Å². The molecule has 3 heterocycles. The highest BCUT2D eigenvalue weighted by Crippen LogP contribution is 2.19. The van der Waals surface area contributed by atoms with E-state index in [1.54, 1.807) is 21.7 Å². The molecule has 0 saturated heterocycles. The molecule has 25 heavy (non-hydrogen) atoms. The molecular weight excluding hydrogens is 322 g/mol. The van der Waals surface area contributed by atoms with E-state index in [9.17, 15) is 14.7 Å². The van der Waals surface area contributed by atoms with E-state index in [0.717, 1.165) is 18.7 Å². The SMILES string of the molecule is CCC(C)n1c(=O)n(Cc2cncn2CC)c2cc(C(=O)O)cnc21. The molecule has 3 rings (SSSR count). The second-order valence-corrected chi connectivity index (χ2v) is 6.04. The van der Waals surface area contributed by atoms with Gasteiger partial charge in [0, 0.05) is 25.0 Å². The lowest BCUT2D eigenvalue weighted by Gasteiger charge is -2.09. The van der Waals surface area contributed by atoms with Gasteiger partial charge in [-0.2, -0.15) is 0 Å². The Bertz CT molecular complexity index is 982. The number of hydrogen-bond donors (Lipinski definition) is 1. The van der Waals surface area contributed by atoms with Crippen molar-refractivity contribution in [2.75, 3.05) is 0 Å². The van der Waals surface area contributed by atoms with Crippen LogP contribution in [0.4, 0.5) is 0 Å². The molecule has 3 aromatic rings. The van der Waals surface area contributed by atoms with Crippen LogP contribution < -0.4 is 5.69 Å². The molecule has 0 aliphatic rings. The third-order valence-electron chi connectivity index (χ3n) is 4.54. The number of hydrogen-bond acceptors (Lipinski definition) is 4. The molecule has 0 aromatic carbocycles. The Hall–Kier alpha value is -2.90. The Kier molecular flexibility index (Phi) is 4.43. The molecule has 8 heteroatoms. The number of rotatable bonds is 6. The maximum atomic E-state index is 13.0. The van der Waals surface area contributed by atoms with Crippen molar-refractivity contribution in [3.8, 4) is 0 Å². The Morgan fingerprint density at radius 3 is 2.72 bits per heavy atom. The van der Waals surface area contributed by atoms with Crippen LogP contribution in [-0.4, -0.2) is 34.7 Å². The maximum absolute atomic E-state index is 13.0. The summed E-state index contributed by atoms with van der Waals surface area (Å²) >= 11 is 0. The Labute approximate surface area is 144 Å². The lowest BCUT2D eigenvalue weighted by Crippen LogP contribution is -2.27. The van der Waals surface area contributed by atoms with Gasteiger partial charge in [0.15, 0.2) is 5.65 Å². The number of carbonyl (C=O) groups is 1. The molecule has 0 aliphatic carbocycles. The van der Waals surface area contributed by atoms with E-state index in [4.69, 9.17) is 0 Å². The van der Waals surface area contributed by atoms with Gasteiger partial charge >= 0.3 is 11.7 Å². The van der Waals surface area contributed by atoms with Crippen LogP contribution in [0.5, 0.6) is 0 Å². The molecule has 3 aromatic heterocycles. The van der Waals surface area contributed by atoms with E-state index in [2.05, 4.69) is 9.97 Å². The summed E-state index contributed by atoms with van der Waals surface area (Å²) in [7, 11) is 0. The first-order valence-corrected chi connectivity index (χ1v) is 8.31. The number of aromatic nitrogens is 5. The van der Waals surface area contributed by atoms with Gasteiger partial charge in [0.2, 0.25) is 0 Å². The van der Waals surface area contributed by atoms with Gasteiger partial charge in [-0.05, 0) is 26.3 Å². The van der Waals surface area contributed by atoms with E-state index >= 15 is 0 Å². The summed E-state index contributed by atoms with van der Waals surface area (Å²) in [6.45, 7) is 7.01. The second-order valence-electron chi connectivity index (χ2n) is 6.04. The summed E-state index contributed by atoms with van der Waals surface area (Å²) in [5.74, 6) is -1.07. The molecule has 8 nitrogen and oxygen atoms in total. The monoisotopic (exact) mass is 343 g/mol. The zero-order chi connectivity index (χ0) is 18.1. The molecule has 1 N–H and O–H groups in total. The molecule has 0 amide bonds. The Morgan fingerprint density at radius 2 is 2.08 bits per heavy atom. The highest BCUT2D eigenvalue weighted by molar-refractivity contribution is 5.91. The minimum Gasteiger partial charge on any atom is -0.478 e.